The molecule has 0 bridgehead atoms. The molecule has 0 saturated carbocycles. The zero-order valence-corrected chi connectivity index (χ0v) is 17.6. The molecule has 0 unspecified atom stereocenters. The molecule has 2 amide bonds. The summed E-state index contributed by atoms with van der Waals surface area (Å²) < 4.78 is 19.3. The molecule has 0 spiro atoms. The fourth-order valence-electron chi connectivity index (χ4n) is 3.12. The van der Waals surface area contributed by atoms with Gasteiger partial charge in [-0.3, -0.25) is 9.59 Å². The molecule has 0 aliphatic carbocycles. The molecule has 1 atom stereocenters. The van der Waals surface area contributed by atoms with Crippen molar-refractivity contribution in [1.29, 1.82) is 0 Å². The van der Waals surface area contributed by atoms with Crippen LogP contribution in [0.4, 0.5) is 10.1 Å². The molecule has 31 heavy (non-hydrogen) atoms. The van der Waals surface area contributed by atoms with E-state index < -0.39 is 17.8 Å². The highest BCUT2D eigenvalue weighted by Crippen LogP contribution is 2.33. The zero-order chi connectivity index (χ0) is 22.1. The number of nitrogens with one attached hydrogen (secondary N) is 1. The molecule has 4 rings (SSSR count). The van der Waals surface area contributed by atoms with Gasteiger partial charge in [-0.15, -0.1) is 0 Å². The van der Waals surface area contributed by atoms with E-state index in [1.165, 1.54) is 29.3 Å². The van der Waals surface area contributed by atoms with Crippen molar-refractivity contribution in [2.45, 2.75) is 6.04 Å². The van der Waals surface area contributed by atoms with Gasteiger partial charge in [-0.2, -0.15) is 0 Å². The second kappa shape index (κ2) is 8.49. The lowest BCUT2D eigenvalue weighted by Crippen LogP contribution is -2.49. The summed E-state index contributed by atoms with van der Waals surface area (Å²) in [7, 11) is 1.57. The number of benzene rings is 2. The third kappa shape index (κ3) is 4.30. The van der Waals surface area contributed by atoms with E-state index in [1.54, 1.807) is 31.3 Å². The third-order valence-corrected chi connectivity index (χ3v) is 5.18. The van der Waals surface area contributed by atoms with Gasteiger partial charge in [-0.25, -0.2) is 14.4 Å². The van der Waals surface area contributed by atoms with Crippen molar-refractivity contribution in [1.82, 2.24) is 15.3 Å². The van der Waals surface area contributed by atoms with Gasteiger partial charge in [-0.1, -0.05) is 35.3 Å². The van der Waals surface area contributed by atoms with Crippen LogP contribution in [0.2, 0.25) is 10.0 Å². The average Bonchev–Trinajstić information content (AvgIpc) is 2.86. The Bertz CT molecular complexity index is 1190. The number of carbonyl (C=O) groups is 2. The number of hydrogen-bond donors (Lipinski definition) is 1. The smallest absolute Gasteiger partial charge is 0.289 e. The van der Waals surface area contributed by atoms with Crippen molar-refractivity contribution in [3.05, 3.63) is 70.3 Å². The number of carbonyl (C=O) groups excluding carboxylic acids is 2. The average molecular weight is 461 g/mol. The van der Waals surface area contributed by atoms with Gasteiger partial charge >= 0.3 is 0 Å². The molecule has 2 aromatic carbocycles. The minimum atomic E-state index is -0.986. The van der Waals surface area contributed by atoms with Crippen LogP contribution in [0.1, 0.15) is 10.6 Å². The van der Waals surface area contributed by atoms with Crippen molar-refractivity contribution in [2.24, 2.45) is 0 Å². The van der Waals surface area contributed by atoms with Gasteiger partial charge in [0.15, 0.2) is 0 Å². The Balaban J connectivity index is 1.57. The molecule has 158 valence electrons. The Labute approximate surface area is 186 Å². The van der Waals surface area contributed by atoms with Crippen molar-refractivity contribution in [3.63, 3.8) is 0 Å². The topological polar surface area (TPSA) is 84.4 Å². The van der Waals surface area contributed by atoms with Gasteiger partial charge in [-0.05, 0) is 24.3 Å². The van der Waals surface area contributed by atoms with Crippen molar-refractivity contribution in [3.8, 4) is 17.0 Å². The van der Waals surface area contributed by atoms with E-state index in [4.69, 9.17) is 27.9 Å². The van der Waals surface area contributed by atoms with Gasteiger partial charge in [0, 0.05) is 23.7 Å². The molecule has 7 nitrogen and oxygen atoms in total. The van der Waals surface area contributed by atoms with E-state index in [0.717, 1.165) is 0 Å². The van der Waals surface area contributed by atoms with Gasteiger partial charge in [0.2, 0.25) is 5.82 Å². The summed E-state index contributed by atoms with van der Waals surface area (Å²) in [6.45, 7) is -0.105. The van der Waals surface area contributed by atoms with Gasteiger partial charge in [0.25, 0.3) is 11.8 Å². The first-order valence-electron chi connectivity index (χ1n) is 9.13. The third-order valence-electron chi connectivity index (χ3n) is 4.67. The second-order valence-electron chi connectivity index (χ2n) is 6.75. The Morgan fingerprint density at radius 3 is 2.84 bits per heavy atom. The van der Waals surface area contributed by atoms with Crippen LogP contribution in [0.3, 0.4) is 0 Å². The maximum Gasteiger partial charge on any atom is 0.289 e. The van der Waals surface area contributed by atoms with Crippen molar-refractivity contribution >= 4 is 40.7 Å². The largest absolute Gasteiger partial charge is 0.489 e. The minimum absolute atomic E-state index is 0.105. The number of rotatable bonds is 3. The summed E-state index contributed by atoms with van der Waals surface area (Å²) in [6, 6.07) is 9.55. The number of likely N-dealkylation sites (N-methyl/N-ethyl adjacent to an activating group) is 1. The minimum Gasteiger partial charge on any atom is -0.489 e. The first kappa shape index (κ1) is 21.0. The van der Waals surface area contributed by atoms with Crippen LogP contribution in [0, 0.1) is 5.82 Å². The lowest BCUT2D eigenvalue weighted by molar-refractivity contribution is -0.120. The van der Waals surface area contributed by atoms with E-state index in [2.05, 4.69) is 15.3 Å². The van der Waals surface area contributed by atoms with Gasteiger partial charge in [0.1, 0.15) is 24.2 Å². The highest BCUT2D eigenvalue weighted by molar-refractivity contribution is 6.33. The van der Waals surface area contributed by atoms with E-state index in [-0.39, 0.29) is 29.1 Å². The van der Waals surface area contributed by atoms with Crippen LogP contribution >= 0.6 is 23.2 Å². The number of hydrogen-bond acceptors (Lipinski definition) is 5. The van der Waals surface area contributed by atoms with E-state index in [0.29, 0.717) is 22.0 Å². The summed E-state index contributed by atoms with van der Waals surface area (Å²) >= 11 is 12.1. The van der Waals surface area contributed by atoms with Crippen molar-refractivity contribution < 1.29 is 18.7 Å². The molecule has 0 fully saturated rings. The number of aromatic nitrogens is 2. The first-order valence-corrected chi connectivity index (χ1v) is 9.88. The monoisotopic (exact) mass is 460 g/mol. The zero-order valence-electron chi connectivity index (χ0n) is 16.1. The van der Waals surface area contributed by atoms with Gasteiger partial charge in [0.05, 0.1) is 22.6 Å². The van der Waals surface area contributed by atoms with E-state index in [1.807, 2.05) is 0 Å². The van der Waals surface area contributed by atoms with E-state index in [9.17, 15) is 14.0 Å². The van der Waals surface area contributed by atoms with Crippen LogP contribution in [0.25, 0.3) is 11.3 Å². The Morgan fingerprint density at radius 1 is 1.26 bits per heavy atom. The first-order chi connectivity index (χ1) is 14.8. The van der Waals surface area contributed by atoms with Crippen LogP contribution < -0.4 is 15.0 Å². The molecule has 0 radical (unpaired) electrons. The Hall–Kier alpha value is -3.23. The van der Waals surface area contributed by atoms with Crippen LogP contribution in [-0.2, 0) is 4.79 Å². The number of ether oxygens (including phenoxy) is 1. The standard InChI is InChI=1S/C21H15Cl2FN4O3/c1-28-16-6-5-12(22)8-17(16)31-10-15(21(28)30)26-20(29)19-25-9-14(23)18(27-19)11-3-2-4-13(24)7-11/h2-9,15H,10H2,1H3,(H,26,29)/t15-/m0/s1. The second-order valence-corrected chi connectivity index (χ2v) is 7.59. The summed E-state index contributed by atoms with van der Waals surface area (Å²) in [5.74, 6) is -1.34. The molecule has 1 aliphatic heterocycles. The highest BCUT2D eigenvalue weighted by atomic mass is 35.5. The molecule has 0 saturated heterocycles. The highest BCUT2D eigenvalue weighted by Gasteiger charge is 2.31. The van der Waals surface area contributed by atoms with E-state index >= 15 is 0 Å². The molecule has 1 aliphatic rings. The molecule has 2 heterocycles. The van der Waals surface area contributed by atoms with Crippen LogP contribution in [0.15, 0.2) is 48.7 Å². The number of halogens is 3. The fraction of sp³-hybridized carbons (Fsp3) is 0.143. The predicted molar refractivity (Wildman–Crippen MR) is 114 cm³/mol. The van der Waals surface area contributed by atoms with Crippen LogP contribution in [-0.4, -0.2) is 41.5 Å². The molecule has 10 heteroatoms. The maximum atomic E-state index is 13.6. The van der Waals surface area contributed by atoms with Crippen LogP contribution in [0.5, 0.6) is 5.75 Å². The predicted octanol–water partition coefficient (Wildman–Crippen LogP) is 3.74. The summed E-state index contributed by atoms with van der Waals surface area (Å²) in [5.41, 5.74) is 1.12. The SMILES string of the molecule is CN1C(=O)[C@@H](NC(=O)c2ncc(Cl)c(-c3cccc(F)c3)n2)COc2cc(Cl)ccc21. The maximum absolute atomic E-state index is 13.6. The number of fused-ring (bicyclic) bond motifs is 1. The lowest BCUT2D eigenvalue weighted by atomic mass is 10.1. The fourth-order valence-corrected chi connectivity index (χ4v) is 3.48. The summed E-state index contributed by atoms with van der Waals surface area (Å²) in [5, 5.41) is 3.20. The summed E-state index contributed by atoms with van der Waals surface area (Å²) in [6.07, 6.45) is 1.25. The molecular weight excluding hydrogens is 446 g/mol. The normalized spacial score (nSPS) is 15.7. The molecule has 1 aromatic heterocycles. The molecule has 1 N–H and O–H groups in total. The quantitative estimate of drug-likeness (QED) is 0.643. The number of anilines is 1. The molecule has 3 aromatic rings. The Morgan fingerprint density at radius 2 is 2.06 bits per heavy atom. The molecular formula is C21H15Cl2FN4O3. The van der Waals surface area contributed by atoms with Gasteiger partial charge < -0.3 is 15.0 Å². The number of nitrogens with zero attached hydrogens (tertiary/aromatic N) is 3. The number of amides is 2. The lowest BCUT2D eigenvalue weighted by Gasteiger charge is -2.20. The Kier molecular flexibility index (Phi) is 5.75. The summed E-state index contributed by atoms with van der Waals surface area (Å²) in [4.78, 5) is 35.1. The van der Waals surface area contributed by atoms with Crippen molar-refractivity contribution in [2.75, 3.05) is 18.6 Å².